The largest absolute Gasteiger partial charge is 0.463 e. The highest BCUT2D eigenvalue weighted by molar-refractivity contribution is 14.1. The molecule has 0 aliphatic heterocycles. The van der Waals surface area contributed by atoms with Gasteiger partial charge in [0.2, 0.25) is 5.91 Å². The van der Waals surface area contributed by atoms with E-state index in [-0.39, 0.29) is 24.4 Å². The first-order valence-corrected chi connectivity index (χ1v) is 9.00. The van der Waals surface area contributed by atoms with Crippen LogP contribution < -0.4 is 5.32 Å². The first-order valence-electron chi connectivity index (χ1n) is 7.92. The summed E-state index contributed by atoms with van der Waals surface area (Å²) < 4.78 is 11.3. The average Bonchev–Trinajstić information content (AvgIpc) is 2.98. The van der Waals surface area contributed by atoms with E-state index >= 15 is 0 Å². The van der Waals surface area contributed by atoms with E-state index in [1.54, 1.807) is 26.0 Å². The van der Waals surface area contributed by atoms with Crippen molar-refractivity contribution in [1.82, 2.24) is 5.32 Å². The van der Waals surface area contributed by atoms with Gasteiger partial charge in [-0.05, 0) is 60.2 Å². The SMILES string of the molecule is CC(C)OC(=O)CC(NC(=O)/C=C/c1ccc(I)o1)c1ccccc1. The van der Waals surface area contributed by atoms with Gasteiger partial charge in [0.1, 0.15) is 5.76 Å². The van der Waals surface area contributed by atoms with Crippen LogP contribution in [0.25, 0.3) is 6.08 Å². The van der Waals surface area contributed by atoms with Gasteiger partial charge in [-0.2, -0.15) is 0 Å². The number of esters is 1. The molecule has 0 saturated heterocycles. The molecule has 2 aromatic rings. The fraction of sp³-hybridized carbons (Fsp3) is 0.263. The Bertz CT molecular complexity index is 737. The van der Waals surface area contributed by atoms with Crippen molar-refractivity contribution >= 4 is 40.5 Å². The van der Waals surface area contributed by atoms with E-state index in [1.165, 1.54) is 6.08 Å². The van der Waals surface area contributed by atoms with Gasteiger partial charge < -0.3 is 14.5 Å². The lowest BCUT2D eigenvalue weighted by Crippen LogP contribution is -2.29. The van der Waals surface area contributed by atoms with Crippen molar-refractivity contribution < 1.29 is 18.7 Å². The molecule has 0 bridgehead atoms. The van der Waals surface area contributed by atoms with Crippen LogP contribution >= 0.6 is 22.6 Å². The highest BCUT2D eigenvalue weighted by Gasteiger charge is 2.19. The third-order valence-corrected chi connectivity index (χ3v) is 3.83. The fourth-order valence-electron chi connectivity index (χ4n) is 2.21. The van der Waals surface area contributed by atoms with E-state index in [0.717, 1.165) is 9.33 Å². The summed E-state index contributed by atoms with van der Waals surface area (Å²) in [7, 11) is 0. The predicted molar refractivity (Wildman–Crippen MR) is 104 cm³/mol. The summed E-state index contributed by atoms with van der Waals surface area (Å²) in [6.07, 6.45) is 2.85. The van der Waals surface area contributed by atoms with Crippen molar-refractivity contribution in [3.05, 3.63) is 63.6 Å². The number of hydrogen-bond acceptors (Lipinski definition) is 4. The number of nitrogens with one attached hydrogen (secondary N) is 1. The van der Waals surface area contributed by atoms with E-state index in [4.69, 9.17) is 9.15 Å². The van der Waals surface area contributed by atoms with Crippen LogP contribution in [0.5, 0.6) is 0 Å². The molecule has 0 aliphatic rings. The highest BCUT2D eigenvalue weighted by atomic mass is 127. The van der Waals surface area contributed by atoms with E-state index < -0.39 is 6.04 Å². The summed E-state index contributed by atoms with van der Waals surface area (Å²) in [5.74, 6) is -0.0682. The predicted octanol–water partition coefficient (Wildman–Crippen LogP) is 4.10. The Balaban J connectivity index is 2.05. The van der Waals surface area contributed by atoms with Gasteiger partial charge in [-0.3, -0.25) is 9.59 Å². The third kappa shape index (κ3) is 6.74. The van der Waals surface area contributed by atoms with Crippen LogP contribution in [0.2, 0.25) is 0 Å². The first-order chi connectivity index (χ1) is 11.9. The van der Waals surface area contributed by atoms with Gasteiger partial charge in [0.15, 0.2) is 3.77 Å². The zero-order valence-corrected chi connectivity index (χ0v) is 16.2. The molecule has 0 saturated carbocycles. The van der Waals surface area contributed by atoms with Crippen LogP contribution in [0.4, 0.5) is 0 Å². The number of ether oxygens (including phenoxy) is 1. The molecule has 1 unspecified atom stereocenters. The van der Waals surface area contributed by atoms with Gasteiger partial charge in [0.25, 0.3) is 0 Å². The smallest absolute Gasteiger partial charge is 0.308 e. The van der Waals surface area contributed by atoms with Crippen LogP contribution in [0.15, 0.2) is 53.0 Å². The zero-order valence-electron chi connectivity index (χ0n) is 14.1. The minimum absolute atomic E-state index is 0.0699. The molecule has 0 spiro atoms. The van der Waals surface area contributed by atoms with Crippen LogP contribution in [0.3, 0.4) is 0 Å². The number of amides is 1. The van der Waals surface area contributed by atoms with Gasteiger partial charge in [-0.1, -0.05) is 30.3 Å². The third-order valence-electron chi connectivity index (χ3n) is 3.25. The molecule has 1 N–H and O–H groups in total. The molecule has 1 aromatic heterocycles. The van der Waals surface area contributed by atoms with Crippen LogP contribution in [0.1, 0.15) is 37.6 Å². The van der Waals surface area contributed by atoms with E-state index in [1.807, 2.05) is 36.4 Å². The molecule has 0 fully saturated rings. The Labute approximate surface area is 160 Å². The van der Waals surface area contributed by atoms with E-state index in [0.29, 0.717) is 5.76 Å². The maximum Gasteiger partial charge on any atom is 0.308 e. The summed E-state index contributed by atoms with van der Waals surface area (Å²) in [6, 6.07) is 12.5. The van der Waals surface area contributed by atoms with Crippen molar-refractivity contribution in [2.24, 2.45) is 0 Å². The normalized spacial score (nSPS) is 12.3. The maximum absolute atomic E-state index is 12.2. The van der Waals surface area contributed by atoms with Gasteiger partial charge >= 0.3 is 5.97 Å². The number of carbonyl (C=O) groups is 2. The van der Waals surface area contributed by atoms with Crippen molar-refractivity contribution in [3.8, 4) is 0 Å². The second-order valence-corrected chi connectivity index (χ2v) is 6.75. The molecule has 0 aliphatic carbocycles. The zero-order chi connectivity index (χ0) is 18.2. The summed E-state index contributed by atoms with van der Waals surface area (Å²) >= 11 is 2.06. The molecule has 1 amide bonds. The molecule has 5 nitrogen and oxygen atoms in total. The van der Waals surface area contributed by atoms with Crippen molar-refractivity contribution in [1.29, 1.82) is 0 Å². The van der Waals surface area contributed by atoms with Crippen LogP contribution in [-0.4, -0.2) is 18.0 Å². The molecule has 1 aromatic carbocycles. The molecule has 2 rings (SSSR count). The molecule has 6 heteroatoms. The van der Waals surface area contributed by atoms with E-state index in [9.17, 15) is 9.59 Å². The Morgan fingerprint density at radius 2 is 1.92 bits per heavy atom. The highest BCUT2D eigenvalue weighted by Crippen LogP contribution is 2.18. The number of halogens is 1. The Kier molecular flexibility index (Phi) is 7.24. The minimum atomic E-state index is -0.457. The topological polar surface area (TPSA) is 68.5 Å². The molecule has 1 atom stereocenters. The van der Waals surface area contributed by atoms with E-state index in [2.05, 4.69) is 27.9 Å². The first kappa shape index (κ1) is 19.2. The number of benzene rings is 1. The molecular formula is C19H20INO4. The minimum Gasteiger partial charge on any atom is -0.463 e. The maximum atomic E-state index is 12.2. The number of hydrogen-bond donors (Lipinski definition) is 1. The average molecular weight is 453 g/mol. The summed E-state index contributed by atoms with van der Waals surface area (Å²) in [5, 5.41) is 2.84. The molecular weight excluding hydrogens is 433 g/mol. The lowest BCUT2D eigenvalue weighted by Gasteiger charge is -2.18. The second kappa shape index (κ2) is 9.41. The molecule has 132 valence electrons. The lowest BCUT2D eigenvalue weighted by atomic mass is 10.0. The standard InChI is InChI=1S/C19H20INO4/c1-13(2)24-19(23)12-16(14-6-4-3-5-7-14)21-18(22)11-9-15-8-10-17(20)25-15/h3-11,13,16H,12H2,1-2H3,(H,21,22)/b11-9+. The lowest BCUT2D eigenvalue weighted by molar-refractivity contribution is -0.148. The fourth-order valence-corrected chi connectivity index (χ4v) is 2.64. The summed E-state index contributed by atoms with van der Waals surface area (Å²) in [6.45, 7) is 3.59. The quantitative estimate of drug-likeness (QED) is 0.390. The van der Waals surface area contributed by atoms with Gasteiger partial charge in [0.05, 0.1) is 18.6 Å². The molecule has 0 radical (unpaired) electrons. The van der Waals surface area contributed by atoms with Gasteiger partial charge in [0, 0.05) is 6.08 Å². The van der Waals surface area contributed by atoms with Gasteiger partial charge in [-0.25, -0.2) is 0 Å². The van der Waals surface area contributed by atoms with Crippen LogP contribution in [0, 0.1) is 3.77 Å². The summed E-state index contributed by atoms with van der Waals surface area (Å²) in [4.78, 5) is 24.2. The Morgan fingerprint density at radius 1 is 1.20 bits per heavy atom. The van der Waals surface area contributed by atoms with Gasteiger partial charge in [-0.15, -0.1) is 0 Å². The number of rotatable bonds is 7. The Morgan fingerprint density at radius 3 is 2.52 bits per heavy atom. The Hall–Kier alpha value is -2.09. The molecule has 1 heterocycles. The molecule has 25 heavy (non-hydrogen) atoms. The monoisotopic (exact) mass is 453 g/mol. The van der Waals surface area contributed by atoms with Crippen LogP contribution in [-0.2, 0) is 14.3 Å². The van der Waals surface area contributed by atoms with Crippen molar-refractivity contribution in [3.63, 3.8) is 0 Å². The number of carbonyl (C=O) groups excluding carboxylic acids is 2. The summed E-state index contributed by atoms with van der Waals surface area (Å²) in [5.41, 5.74) is 0.845. The van der Waals surface area contributed by atoms with Crippen molar-refractivity contribution in [2.75, 3.05) is 0 Å². The second-order valence-electron chi connectivity index (χ2n) is 5.69. The number of furan rings is 1. The van der Waals surface area contributed by atoms with Crippen molar-refractivity contribution in [2.45, 2.75) is 32.4 Å².